The van der Waals surface area contributed by atoms with Gasteiger partial charge >= 0.3 is 0 Å². The summed E-state index contributed by atoms with van der Waals surface area (Å²) in [5.74, 6) is 0. The molecule has 0 aromatic carbocycles. The lowest BCUT2D eigenvalue weighted by molar-refractivity contribution is -0.0769. The molecule has 0 radical (unpaired) electrons. The highest BCUT2D eigenvalue weighted by atomic mass is 16.5. The fourth-order valence-corrected chi connectivity index (χ4v) is 1.18. The van der Waals surface area contributed by atoms with Crippen molar-refractivity contribution in [2.45, 2.75) is 26.0 Å². The Morgan fingerprint density at radius 1 is 1.18 bits per heavy atom. The van der Waals surface area contributed by atoms with Crippen LogP contribution in [0.3, 0.4) is 0 Å². The molecule has 6 heteroatoms. The van der Waals surface area contributed by atoms with Gasteiger partial charge in [-0.2, -0.15) is 0 Å². The van der Waals surface area contributed by atoms with Crippen LogP contribution in [0.1, 0.15) is 19.8 Å². The zero-order chi connectivity index (χ0) is 13.1. The first-order valence-corrected chi connectivity index (χ1v) is 5.96. The first-order valence-electron chi connectivity index (χ1n) is 5.96. The van der Waals surface area contributed by atoms with Crippen molar-refractivity contribution in [1.29, 1.82) is 0 Å². The van der Waals surface area contributed by atoms with Gasteiger partial charge in [0.15, 0.2) is 0 Å². The second-order valence-corrected chi connectivity index (χ2v) is 4.31. The first-order chi connectivity index (χ1) is 8.14. The number of unbranched alkanes of at least 4 members (excludes halogenated alkanes) is 1. The summed E-state index contributed by atoms with van der Waals surface area (Å²) >= 11 is 0. The van der Waals surface area contributed by atoms with E-state index in [-0.39, 0.29) is 33.0 Å². The number of hydrogen-bond acceptors (Lipinski definition) is 6. The van der Waals surface area contributed by atoms with Gasteiger partial charge in [0.2, 0.25) is 0 Å². The van der Waals surface area contributed by atoms with Gasteiger partial charge in [-0.25, -0.2) is 0 Å². The molecule has 104 valence electrons. The summed E-state index contributed by atoms with van der Waals surface area (Å²) in [6.07, 6.45) is 1.25. The maximum Gasteiger partial charge on any atom is 0.128 e. The quantitative estimate of drug-likeness (QED) is 0.230. The molecule has 0 saturated heterocycles. The molecule has 5 N–H and O–H groups in total. The van der Waals surface area contributed by atoms with E-state index in [1.807, 2.05) is 0 Å². The van der Waals surface area contributed by atoms with Crippen LogP contribution in [0.4, 0.5) is 0 Å². The van der Waals surface area contributed by atoms with Crippen molar-refractivity contribution in [1.82, 2.24) is 5.32 Å². The minimum Gasteiger partial charge on any atom is -0.396 e. The van der Waals surface area contributed by atoms with Gasteiger partial charge in [-0.05, 0) is 13.0 Å². The lowest BCUT2D eigenvalue weighted by Crippen LogP contribution is -2.41. The molecule has 0 bridgehead atoms. The van der Waals surface area contributed by atoms with Crippen LogP contribution in [0.5, 0.6) is 0 Å². The van der Waals surface area contributed by atoms with E-state index in [0.717, 1.165) is 12.8 Å². The number of hydrogen-bond donors (Lipinski definition) is 5. The molecule has 0 aliphatic carbocycles. The van der Waals surface area contributed by atoms with E-state index in [1.165, 1.54) is 0 Å². The Kier molecular flexibility index (Phi) is 9.62. The molecule has 1 unspecified atom stereocenters. The summed E-state index contributed by atoms with van der Waals surface area (Å²) in [4.78, 5) is 0. The lowest BCUT2D eigenvalue weighted by atomic mass is 9.93. The van der Waals surface area contributed by atoms with Gasteiger partial charge in [0.1, 0.15) is 6.23 Å². The van der Waals surface area contributed by atoms with Crippen LogP contribution in [0.15, 0.2) is 0 Å². The van der Waals surface area contributed by atoms with Crippen LogP contribution in [0, 0.1) is 5.41 Å². The normalized spacial score (nSPS) is 13.9. The summed E-state index contributed by atoms with van der Waals surface area (Å²) in [6, 6.07) is 0. The molecule has 6 nitrogen and oxygen atoms in total. The Labute approximate surface area is 102 Å². The van der Waals surface area contributed by atoms with Gasteiger partial charge in [0.05, 0.1) is 38.4 Å². The van der Waals surface area contributed by atoms with Gasteiger partial charge in [-0.1, -0.05) is 13.3 Å². The number of aliphatic hydroxyl groups excluding tert-OH is 4. The number of ether oxygens (including phenoxy) is 1. The van der Waals surface area contributed by atoms with Crippen molar-refractivity contribution >= 4 is 0 Å². The van der Waals surface area contributed by atoms with Gasteiger partial charge < -0.3 is 25.2 Å². The van der Waals surface area contributed by atoms with Crippen molar-refractivity contribution in [2.24, 2.45) is 5.41 Å². The first kappa shape index (κ1) is 16.8. The Hall–Kier alpha value is -0.240. The highest BCUT2D eigenvalue weighted by Crippen LogP contribution is 2.14. The lowest BCUT2D eigenvalue weighted by Gasteiger charge is -2.27. The van der Waals surface area contributed by atoms with Crippen molar-refractivity contribution in [3.8, 4) is 0 Å². The van der Waals surface area contributed by atoms with E-state index in [1.54, 1.807) is 0 Å². The fourth-order valence-electron chi connectivity index (χ4n) is 1.18. The second-order valence-electron chi connectivity index (χ2n) is 4.31. The summed E-state index contributed by atoms with van der Waals surface area (Å²) in [6.45, 7) is 1.75. The monoisotopic (exact) mass is 251 g/mol. The van der Waals surface area contributed by atoms with Crippen LogP contribution in [0.25, 0.3) is 0 Å². The third kappa shape index (κ3) is 6.92. The molecule has 0 fully saturated rings. The summed E-state index contributed by atoms with van der Waals surface area (Å²) in [5.41, 5.74) is -1.04. The van der Waals surface area contributed by atoms with E-state index in [9.17, 15) is 5.11 Å². The predicted molar refractivity (Wildman–Crippen MR) is 63.4 cm³/mol. The predicted octanol–water partition coefficient (Wildman–Crippen LogP) is -1.33. The minimum absolute atomic E-state index is 0.00299. The third-order valence-corrected chi connectivity index (χ3v) is 2.60. The molecule has 0 aliphatic rings. The van der Waals surface area contributed by atoms with Crippen LogP contribution in [-0.2, 0) is 4.74 Å². The average molecular weight is 251 g/mol. The molecule has 17 heavy (non-hydrogen) atoms. The van der Waals surface area contributed by atoms with Gasteiger partial charge in [0, 0.05) is 0 Å². The SMILES string of the molecule is CCCCNC(O)COCC(CO)(CO)CO. The minimum atomic E-state index is -1.04. The Morgan fingerprint density at radius 2 is 1.76 bits per heavy atom. The number of aliphatic hydroxyl groups is 4. The maximum absolute atomic E-state index is 9.47. The zero-order valence-corrected chi connectivity index (χ0v) is 10.4. The van der Waals surface area contributed by atoms with E-state index in [4.69, 9.17) is 20.1 Å². The molecule has 0 aromatic heterocycles. The van der Waals surface area contributed by atoms with Gasteiger partial charge in [-0.3, -0.25) is 5.32 Å². The molecular formula is C11H25NO5. The zero-order valence-electron chi connectivity index (χ0n) is 10.4. The average Bonchev–Trinajstić information content (AvgIpc) is 2.36. The smallest absolute Gasteiger partial charge is 0.128 e. The van der Waals surface area contributed by atoms with Crippen LogP contribution in [-0.4, -0.2) is 66.2 Å². The molecule has 0 amide bonds. The van der Waals surface area contributed by atoms with Gasteiger partial charge in [0.25, 0.3) is 0 Å². The van der Waals surface area contributed by atoms with Crippen molar-refractivity contribution in [3.05, 3.63) is 0 Å². The van der Waals surface area contributed by atoms with E-state index < -0.39 is 11.6 Å². The highest BCUT2D eigenvalue weighted by molar-refractivity contribution is 4.76. The molecule has 0 aliphatic heterocycles. The number of nitrogens with one attached hydrogen (secondary N) is 1. The fraction of sp³-hybridized carbons (Fsp3) is 1.00. The summed E-state index contributed by atoms with van der Waals surface area (Å²) < 4.78 is 5.17. The molecule has 0 rings (SSSR count). The van der Waals surface area contributed by atoms with Crippen molar-refractivity contribution < 1.29 is 25.2 Å². The molecule has 0 aromatic rings. The van der Waals surface area contributed by atoms with Crippen LogP contribution < -0.4 is 5.32 Å². The molecule has 1 atom stereocenters. The Morgan fingerprint density at radius 3 is 2.24 bits per heavy atom. The highest BCUT2D eigenvalue weighted by Gasteiger charge is 2.28. The van der Waals surface area contributed by atoms with E-state index in [2.05, 4.69) is 12.2 Å². The third-order valence-electron chi connectivity index (χ3n) is 2.60. The summed E-state index contributed by atoms with van der Waals surface area (Å²) in [5, 5.41) is 39.4. The van der Waals surface area contributed by atoms with Gasteiger partial charge in [-0.15, -0.1) is 0 Å². The van der Waals surface area contributed by atoms with E-state index in [0.29, 0.717) is 6.54 Å². The Balaban J connectivity index is 3.73. The molecule has 0 heterocycles. The second kappa shape index (κ2) is 9.76. The summed E-state index contributed by atoms with van der Waals surface area (Å²) in [7, 11) is 0. The molecule has 0 spiro atoms. The molecular weight excluding hydrogens is 226 g/mol. The van der Waals surface area contributed by atoms with Crippen LogP contribution in [0.2, 0.25) is 0 Å². The van der Waals surface area contributed by atoms with Crippen molar-refractivity contribution in [3.63, 3.8) is 0 Å². The number of rotatable bonds is 11. The topological polar surface area (TPSA) is 102 Å². The standard InChI is InChI=1S/C11H25NO5/c1-2-3-4-12-10(16)5-17-9-11(6-13,7-14)8-15/h10,12-16H,2-9H2,1H3. The van der Waals surface area contributed by atoms with Crippen LogP contribution >= 0.6 is 0 Å². The molecule has 0 saturated carbocycles. The van der Waals surface area contributed by atoms with Crippen molar-refractivity contribution in [2.75, 3.05) is 39.6 Å². The van der Waals surface area contributed by atoms with E-state index >= 15 is 0 Å². The Bertz CT molecular complexity index is 167. The maximum atomic E-state index is 9.47. The largest absolute Gasteiger partial charge is 0.396 e.